The summed E-state index contributed by atoms with van der Waals surface area (Å²) in [4.78, 5) is 0. The summed E-state index contributed by atoms with van der Waals surface area (Å²) in [5, 5.41) is 0. The van der Waals surface area contributed by atoms with E-state index in [-0.39, 0.29) is 6.04 Å². The minimum atomic E-state index is 0.0256. The van der Waals surface area contributed by atoms with E-state index in [0.29, 0.717) is 11.9 Å². The van der Waals surface area contributed by atoms with Crippen LogP contribution in [0.2, 0.25) is 0 Å². The lowest BCUT2D eigenvalue weighted by molar-refractivity contribution is 0.305. The van der Waals surface area contributed by atoms with Gasteiger partial charge in [0.1, 0.15) is 0 Å². The van der Waals surface area contributed by atoms with Crippen molar-refractivity contribution in [1.82, 2.24) is 0 Å². The topological polar surface area (TPSA) is 48.4 Å². The lowest BCUT2D eigenvalue weighted by Crippen LogP contribution is -2.15. The van der Waals surface area contributed by atoms with Crippen molar-refractivity contribution in [3.8, 4) is 5.95 Å². The molecule has 68 valence electrons. The van der Waals surface area contributed by atoms with Gasteiger partial charge in [-0.25, -0.2) is 0 Å². The third kappa shape index (κ3) is 1.80. The molecule has 0 amide bonds. The van der Waals surface area contributed by atoms with Crippen LogP contribution in [0.25, 0.3) is 0 Å². The van der Waals surface area contributed by atoms with Crippen molar-refractivity contribution in [1.29, 1.82) is 0 Å². The van der Waals surface area contributed by atoms with Gasteiger partial charge >= 0.3 is 0 Å². The van der Waals surface area contributed by atoms with Crippen molar-refractivity contribution in [3.63, 3.8) is 0 Å². The van der Waals surface area contributed by atoms with E-state index in [1.807, 2.05) is 6.07 Å². The van der Waals surface area contributed by atoms with Crippen LogP contribution in [0.3, 0.4) is 0 Å². The van der Waals surface area contributed by atoms with Crippen LogP contribution in [-0.2, 0) is 0 Å². The quantitative estimate of drug-likeness (QED) is 0.752. The summed E-state index contributed by atoms with van der Waals surface area (Å²) in [7, 11) is 1.57. The monoisotopic (exact) mass is 169 g/mol. The molecule has 0 saturated heterocycles. The maximum Gasteiger partial charge on any atom is 0.284 e. The summed E-state index contributed by atoms with van der Waals surface area (Å²) in [6.07, 6.45) is 1.64. The minimum Gasteiger partial charge on any atom is -0.468 e. The number of rotatable bonds is 3. The van der Waals surface area contributed by atoms with Gasteiger partial charge in [-0.15, -0.1) is 0 Å². The van der Waals surface area contributed by atoms with Crippen LogP contribution < -0.4 is 10.5 Å². The standard InChI is InChI=1S/C9H15NO2/c1-6(2)9(10)7-4-8(11-3)12-5-7/h4-6,9H,10H2,1-3H3/t9-/m0/s1. The molecule has 0 aromatic carbocycles. The SMILES string of the molecule is COc1cc([C@@H](N)C(C)C)co1. The molecular formula is C9H15NO2. The van der Waals surface area contributed by atoms with Gasteiger partial charge in [-0.05, 0) is 5.92 Å². The van der Waals surface area contributed by atoms with Crippen molar-refractivity contribution in [2.45, 2.75) is 19.9 Å². The molecule has 12 heavy (non-hydrogen) atoms. The molecule has 0 aliphatic heterocycles. The van der Waals surface area contributed by atoms with Gasteiger partial charge in [-0.3, -0.25) is 0 Å². The molecule has 2 N–H and O–H groups in total. The minimum absolute atomic E-state index is 0.0256. The Morgan fingerprint density at radius 2 is 2.17 bits per heavy atom. The number of nitrogens with two attached hydrogens (primary N) is 1. The summed E-state index contributed by atoms with van der Waals surface area (Å²) in [6.45, 7) is 4.15. The Labute approximate surface area is 72.5 Å². The van der Waals surface area contributed by atoms with Crippen LogP contribution >= 0.6 is 0 Å². The molecular weight excluding hydrogens is 154 g/mol. The average Bonchev–Trinajstić information content (AvgIpc) is 2.50. The summed E-state index contributed by atoms with van der Waals surface area (Å²) in [6, 6.07) is 1.85. The molecule has 0 saturated carbocycles. The summed E-state index contributed by atoms with van der Waals surface area (Å²) >= 11 is 0. The highest BCUT2D eigenvalue weighted by atomic mass is 16.6. The molecule has 0 bridgehead atoms. The van der Waals surface area contributed by atoms with E-state index in [1.54, 1.807) is 13.4 Å². The van der Waals surface area contributed by atoms with Crippen molar-refractivity contribution in [3.05, 3.63) is 17.9 Å². The highest BCUT2D eigenvalue weighted by molar-refractivity contribution is 5.20. The third-order valence-electron chi connectivity index (χ3n) is 1.90. The smallest absolute Gasteiger partial charge is 0.284 e. The van der Waals surface area contributed by atoms with Crippen LogP contribution in [0.4, 0.5) is 0 Å². The van der Waals surface area contributed by atoms with E-state index < -0.39 is 0 Å². The molecule has 0 spiro atoms. The third-order valence-corrected chi connectivity index (χ3v) is 1.90. The molecule has 0 aliphatic carbocycles. The summed E-state index contributed by atoms with van der Waals surface area (Å²) in [5.74, 6) is 0.924. The van der Waals surface area contributed by atoms with E-state index in [4.69, 9.17) is 14.9 Å². The van der Waals surface area contributed by atoms with Crippen LogP contribution in [-0.4, -0.2) is 7.11 Å². The Morgan fingerprint density at radius 1 is 1.50 bits per heavy atom. The van der Waals surface area contributed by atoms with E-state index >= 15 is 0 Å². The molecule has 0 fully saturated rings. The molecule has 1 heterocycles. The zero-order valence-electron chi connectivity index (χ0n) is 7.70. The normalized spacial score (nSPS) is 13.4. The van der Waals surface area contributed by atoms with Gasteiger partial charge in [0.25, 0.3) is 5.95 Å². The molecule has 0 unspecified atom stereocenters. The second-order valence-corrected chi connectivity index (χ2v) is 3.17. The fraction of sp³-hybridized carbons (Fsp3) is 0.556. The lowest BCUT2D eigenvalue weighted by atomic mass is 10.00. The van der Waals surface area contributed by atoms with Gasteiger partial charge in [0.05, 0.1) is 13.4 Å². The second kappa shape index (κ2) is 3.63. The van der Waals surface area contributed by atoms with Crippen LogP contribution in [0, 0.1) is 5.92 Å². The summed E-state index contributed by atoms with van der Waals surface area (Å²) in [5.41, 5.74) is 6.88. The number of hydrogen-bond donors (Lipinski definition) is 1. The zero-order chi connectivity index (χ0) is 9.14. The first-order valence-electron chi connectivity index (χ1n) is 4.03. The Morgan fingerprint density at radius 3 is 2.58 bits per heavy atom. The average molecular weight is 169 g/mol. The maximum absolute atomic E-state index is 5.89. The summed E-state index contributed by atoms with van der Waals surface area (Å²) < 4.78 is 9.99. The first-order chi connectivity index (χ1) is 5.65. The number of ether oxygens (including phenoxy) is 1. The maximum atomic E-state index is 5.89. The predicted octanol–water partition coefficient (Wildman–Crippen LogP) is 1.94. The van der Waals surface area contributed by atoms with Gasteiger partial charge in [-0.2, -0.15) is 0 Å². The van der Waals surface area contributed by atoms with Crippen molar-refractivity contribution in [2.24, 2.45) is 11.7 Å². The molecule has 1 atom stereocenters. The molecule has 3 heteroatoms. The second-order valence-electron chi connectivity index (χ2n) is 3.17. The lowest BCUT2D eigenvalue weighted by Gasteiger charge is -2.12. The Kier molecular flexibility index (Phi) is 2.76. The highest BCUT2D eigenvalue weighted by Gasteiger charge is 2.13. The zero-order valence-corrected chi connectivity index (χ0v) is 7.70. The van der Waals surface area contributed by atoms with E-state index in [0.717, 1.165) is 5.56 Å². The molecule has 1 aromatic rings. The van der Waals surface area contributed by atoms with Crippen LogP contribution in [0.5, 0.6) is 5.95 Å². The number of furan rings is 1. The molecule has 1 rings (SSSR count). The largest absolute Gasteiger partial charge is 0.468 e. The van der Waals surface area contributed by atoms with Gasteiger partial charge in [0, 0.05) is 17.7 Å². The fourth-order valence-corrected chi connectivity index (χ4v) is 0.997. The Bertz CT molecular complexity index is 242. The Hall–Kier alpha value is -0.960. The van der Waals surface area contributed by atoms with Gasteiger partial charge in [0.2, 0.25) is 0 Å². The van der Waals surface area contributed by atoms with Crippen molar-refractivity contribution < 1.29 is 9.15 Å². The van der Waals surface area contributed by atoms with E-state index in [9.17, 15) is 0 Å². The molecule has 0 radical (unpaired) electrons. The number of hydrogen-bond acceptors (Lipinski definition) is 3. The van der Waals surface area contributed by atoms with E-state index in [2.05, 4.69) is 13.8 Å². The molecule has 1 aromatic heterocycles. The molecule has 3 nitrogen and oxygen atoms in total. The predicted molar refractivity (Wildman–Crippen MR) is 47.0 cm³/mol. The van der Waals surface area contributed by atoms with Gasteiger partial charge in [-0.1, -0.05) is 13.8 Å². The van der Waals surface area contributed by atoms with Crippen molar-refractivity contribution in [2.75, 3.05) is 7.11 Å². The number of methoxy groups -OCH3 is 1. The first-order valence-corrected chi connectivity index (χ1v) is 4.03. The van der Waals surface area contributed by atoms with Crippen molar-refractivity contribution >= 4 is 0 Å². The first kappa shape index (κ1) is 9.13. The van der Waals surface area contributed by atoms with Gasteiger partial charge < -0.3 is 14.9 Å². The van der Waals surface area contributed by atoms with E-state index in [1.165, 1.54) is 0 Å². The van der Waals surface area contributed by atoms with Crippen LogP contribution in [0.1, 0.15) is 25.5 Å². The fourth-order valence-electron chi connectivity index (χ4n) is 0.997. The van der Waals surface area contributed by atoms with Crippen LogP contribution in [0.15, 0.2) is 16.7 Å². The van der Waals surface area contributed by atoms with Gasteiger partial charge in [0.15, 0.2) is 0 Å². The Balaban J connectivity index is 2.74. The highest BCUT2D eigenvalue weighted by Crippen LogP contribution is 2.24. The molecule has 0 aliphatic rings.